The third-order valence-corrected chi connectivity index (χ3v) is 4.59. The molecule has 2 amide bonds. The predicted molar refractivity (Wildman–Crippen MR) is 99.1 cm³/mol. The first-order valence-corrected chi connectivity index (χ1v) is 9.13. The Labute approximate surface area is 155 Å². The van der Waals surface area contributed by atoms with E-state index in [0.29, 0.717) is 30.8 Å². The minimum absolute atomic E-state index is 0.0317. The number of aromatic nitrogens is 3. The Hall–Kier alpha value is -3.00. The highest BCUT2D eigenvalue weighted by Crippen LogP contribution is 2.09. The molecule has 0 bridgehead atoms. The SMILES string of the molecule is O=C(CCCNC(=O)c1cccs1)NCc1ccc(-n2cncn2)cc1. The van der Waals surface area contributed by atoms with Crippen LogP contribution < -0.4 is 10.6 Å². The second-order valence-electron chi connectivity index (χ2n) is 5.62. The molecule has 0 atom stereocenters. The molecule has 0 aliphatic carbocycles. The van der Waals surface area contributed by atoms with Crippen molar-refractivity contribution in [3.8, 4) is 5.69 Å². The number of carbonyl (C=O) groups is 2. The highest BCUT2D eigenvalue weighted by molar-refractivity contribution is 7.12. The molecule has 1 aromatic carbocycles. The highest BCUT2D eigenvalue weighted by Gasteiger charge is 2.06. The van der Waals surface area contributed by atoms with E-state index in [2.05, 4.69) is 20.7 Å². The van der Waals surface area contributed by atoms with Gasteiger partial charge in [0.1, 0.15) is 12.7 Å². The van der Waals surface area contributed by atoms with Crippen LogP contribution in [0.15, 0.2) is 54.4 Å². The van der Waals surface area contributed by atoms with Gasteiger partial charge >= 0.3 is 0 Å². The van der Waals surface area contributed by atoms with Crippen LogP contribution in [0.2, 0.25) is 0 Å². The van der Waals surface area contributed by atoms with E-state index in [1.807, 2.05) is 35.7 Å². The fourth-order valence-electron chi connectivity index (χ4n) is 2.34. The Balaban J connectivity index is 1.34. The standard InChI is InChI=1S/C18H19N5O2S/c24-17(4-1-9-20-18(25)16-3-2-10-26-16)21-11-14-5-7-15(8-6-14)23-13-19-12-22-23/h2-3,5-8,10,12-13H,1,4,9,11H2,(H,20,25)(H,21,24). The summed E-state index contributed by atoms with van der Waals surface area (Å²) in [7, 11) is 0. The second-order valence-corrected chi connectivity index (χ2v) is 6.57. The third kappa shape index (κ3) is 5.00. The zero-order valence-electron chi connectivity index (χ0n) is 14.1. The van der Waals surface area contributed by atoms with Gasteiger partial charge in [0.2, 0.25) is 5.91 Å². The molecule has 2 heterocycles. The Kier molecular flexibility index (Phi) is 6.10. The van der Waals surface area contributed by atoms with E-state index in [4.69, 9.17) is 0 Å². The number of amides is 2. The van der Waals surface area contributed by atoms with Gasteiger partial charge in [-0.2, -0.15) is 5.10 Å². The maximum absolute atomic E-state index is 11.9. The number of thiophene rings is 1. The minimum atomic E-state index is -0.0899. The van der Waals surface area contributed by atoms with Gasteiger partial charge in [-0.1, -0.05) is 18.2 Å². The molecule has 0 saturated carbocycles. The van der Waals surface area contributed by atoms with E-state index in [1.165, 1.54) is 17.7 Å². The third-order valence-electron chi connectivity index (χ3n) is 3.72. The molecule has 7 nitrogen and oxygen atoms in total. The van der Waals surface area contributed by atoms with Crippen molar-refractivity contribution in [1.82, 2.24) is 25.4 Å². The zero-order valence-corrected chi connectivity index (χ0v) is 14.9. The van der Waals surface area contributed by atoms with Gasteiger partial charge in [0, 0.05) is 19.5 Å². The molecular formula is C18H19N5O2S. The topological polar surface area (TPSA) is 88.9 Å². The summed E-state index contributed by atoms with van der Waals surface area (Å²) in [6, 6.07) is 11.4. The first-order chi connectivity index (χ1) is 12.7. The largest absolute Gasteiger partial charge is 0.352 e. The number of hydrogen-bond donors (Lipinski definition) is 2. The maximum Gasteiger partial charge on any atom is 0.261 e. The van der Waals surface area contributed by atoms with Crippen LogP contribution in [0.25, 0.3) is 5.69 Å². The van der Waals surface area contributed by atoms with Crippen LogP contribution in [0, 0.1) is 0 Å². The monoisotopic (exact) mass is 369 g/mol. The van der Waals surface area contributed by atoms with E-state index in [9.17, 15) is 9.59 Å². The van der Waals surface area contributed by atoms with Crippen molar-refractivity contribution in [2.45, 2.75) is 19.4 Å². The summed E-state index contributed by atoms with van der Waals surface area (Å²) in [6.07, 6.45) is 4.10. The lowest BCUT2D eigenvalue weighted by atomic mass is 10.2. The second kappa shape index (κ2) is 8.91. The minimum Gasteiger partial charge on any atom is -0.352 e. The molecule has 3 rings (SSSR count). The Bertz CT molecular complexity index is 829. The van der Waals surface area contributed by atoms with E-state index < -0.39 is 0 Å². The number of nitrogens with one attached hydrogen (secondary N) is 2. The van der Waals surface area contributed by atoms with Crippen molar-refractivity contribution in [3.63, 3.8) is 0 Å². The van der Waals surface area contributed by atoms with Crippen LogP contribution in [0.1, 0.15) is 28.1 Å². The molecule has 0 fully saturated rings. The quantitative estimate of drug-likeness (QED) is 0.596. The highest BCUT2D eigenvalue weighted by atomic mass is 32.1. The average Bonchev–Trinajstić information content (AvgIpc) is 3.37. The Morgan fingerprint density at radius 3 is 2.65 bits per heavy atom. The Morgan fingerprint density at radius 1 is 1.12 bits per heavy atom. The summed E-state index contributed by atoms with van der Waals surface area (Å²) in [5.41, 5.74) is 1.92. The number of rotatable bonds is 8. The lowest BCUT2D eigenvalue weighted by Crippen LogP contribution is -2.26. The van der Waals surface area contributed by atoms with E-state index in [-0.39, 0.29) is 11.8 Å². The number of benzene rings is 1. The molecule has 0 unspecified atom stereocenters. The number of nitrogens with zero attached hydrogens (tertiary/aromatic N) is 3. The summed E-state index contributed by atoms with van der Waals surface area (Å²) < 4.78 is 1.67. The maximum atomic E-state index is 11.9. The summed E-state index contributed by atoms with van der Waals surface area (Å²) in [6.45, 7) is 0.953. The normalized spacial score (nSPS) is 10.5. The van der Waals surface area contributed by atoms with Gasteiger partial charge < -0.3 is 10.6 Å². The molecule has 0 aliphatic heterocycles. The average molecular weight is 369 g/mol. The molecule has 26 heavy (non-hydrogen) atoms. The zero-order chi connectivity index (χ0) is 18.2. The summed E-state index contributed by atoms with van der Waals surface area (Å²) >= 11 is 1.40. The van der Waals surface area contributed by atoms with E-state index in [1.54, 1.807) is 17.1 Å². The van der Waals surface area contributed by atoms with Gasteiger partial charge in [0.25, 0.3) is 5.91 Å². The van der Waals surface area contributed by atoms with Crippen molar-refractivity contribution < 1.29 is 9.59 Å². The smallest absolute Gasteiger partial charge is 0.261 e. The first-order valence-electron chi connectivity index (χ1n) is 8.25. The van der Waals surface area contributed by atoms with Gasteiger partial charge in [0.05, 0.1) is 10.6 Å². The van der Waals surface area contributed by atoms with Crippen LogP contribution >= 0.6 is 11.3 Å². The van der Waals surface area contributed by atoms with Crippen molar-refractivity contribution in [3.05, 3.63) is 64.9 Å². The lowest BCUT2D eigenvalue weighted by Gasteiger charge is -2.07. The number of hydrogen-bond acceptors (Lipinski definition) is 5. The van der Waals surface area contributed by atoms with Gasteiger partial charge in [-0.3, -0.25) is 9.59 Å². The van der Waals surface area contributed by atoms with Gasteiger partial charge in [-0.15, -0.1) is 11.3 Å². The van der Waals surface area contributed by atoms with Crippen molar-refractivity contribution >= 4 is 23.2 Å². The molecule has 3 aromatic rings. The van der Waals surface area contributed by atoms with Crippen LogP contribution in [0.3, 0.4) is 0 Å². The first kappa shape index (κ1) is 17.8. The van der Waals surface area contributed by atoms with Gasteiger partial charge in [-0.25, -0.2) is 9.67 Å². The summed E-state index contributed by atoms with van der Waals surface area (Å²) in [4.78, 5) is 28.3. The molecule has 2 N–H and O–H groups in total. The van der Waals surface area contributed by atoms with Crippen molar-refractivity contribution in [2.24, 2.45) is 0 Å². The lowest BCUT2D eigenvalue weighted by molar-refractivity contribution is -0.121. The fourth-order valence-corrected chi connectivity index (χ4v) is 2.98. The van der Waals surface area contributed by atoms with Crippen molar-refractivity contribution in [1.29, 1.82) is 0 Å². The molecule has 134 valence electrons. The van der Waals surface area contributed by atoms with Crippen LogP contribution in [-0.4, -0.2) is 33.1 Å². The molecule has 0 aliphatic rings. The van der Waals surface area contributed by atoms with E-state index >= 15 is 0 Å². The molecule has 0 saturated heterocycles. The summed E-state index contributed by atoms with van der Waals surface area (Å²) in [5, 5.41) is 11.6. The Morgan fingerprint density at radius 2 is 1.96 bits per heavy atom. The van der Waals surface area contributed by atoms with Gasteiger partial charge in [-0.05, 0) is 35.6 Å². The van der Waals surface area contributed by atoms with Crippen molar-refractivity contribution in [2.75, 3.05) is 6.54 Å². The van der Waals surface area contributed by atoms with Crippen LogP contribution in [-0.2, 0) is 11.3 Å². The molecular weight excluding hydrogens is 350 g/mol. The molecule has 0 spiro atoms. The molecule has 8 heteroatoms. The van der Waals surface area contributed by atoms with Gasteiger partial charge in [0.15, 0.2) is 0 Å². The predicted octanol–water partition coefficient (Wildman–Crippen LogP) is 2.16. The fraction of sp³-hybridized carbons (Fsp3) is 0.222. The number of carbonyl (C=O) groups excluding carboxylic acids is 2. The van der Waals surface area contributed by atoms with Crippen LogP contribution in [0.4, 0.5) is 0 Å². The van der Waals surface area contributed by atoms with E-state index in [0.717, 1.165) is 11.3 Å². The molecule has 0 radical (unpaired) electrons. The summed E-state index contributed by atoms with van der Waals surface area (Å²) in [5.74, 6) is -0.122. The molecule has 2 aromatic heterocycles. The van der Waals surface area contributed by atoms with Crippen LogP contribution in [0.5, 0.6) is 0 Å².